The zero-order chi connectivity index (χ0) is 30.9. The van der Waals surface area contributed by atoms with Gasteiger partial charge in [0.25, 0.3) is 15.7 Å². The van der Waals surface area contributed by atoms with Crippen molar-refractivity contribution in [2.75, 3.05) is 24.5 Å². The number of nitrogens with one attached hydrogen (secondary N) is 1. The normalized spacial score (nSPS) is 11.9. The molecule has 224 valence electrons. The number of nitrogens with zero attached hydrogens (tertiary/aromatic N) is 3. The Hall–Kier alpha value is -4.45. The number of hydrogen-bond donors (Lipinski definition) is 1. The van der Waals surface area contributed by atoms with Gasteiger partial charge in [0.15, 0.2) is 0 Å². The highest BCUT2D eigenvalue weighted by atomic mass is 32.2. The SMILES string of the molecule is CCC(C(=O)NCC(C)C)N(Cc1ccc(OC)cc1)C(=O)CN(c1ccc([N+](=O)[O-])cc1)S(=O)(=O)c1ccccc1. The summed E-state index contributed by atoms with van der Waals surface area (Å²) in [4.78, 5) is 39.3. The molecule has 0 bridgehead atoms. The number of carbonyl (C=O) groups excluding carboxylic acids is 2. The predicted molar refractivity (Wildman–Crippen MR) is 160 cm³/mol. The van der Waals surface area contributed by atoms with Crippen LogP contribution in [0.4, 0.5) is 11.4 Å². The first-order chi connectivity index (χ1) is 20.0. The van der Waals surface area contributed by atoms with E-state index in [0.717, 1.165) is 4.31 Å². The van der Waals surface area contributed by atoms with Crippen LogP contribution in [0.5, 0.6) is 5.75 Å². The van der Waals surface area contributed by atoms with Crippen LogP contribution in [0, 0.1) is 16.0 Å². The number of rotatable bonds is 14. The van der Waals surface area contributed by atoms with Crippen molar-refractivity contribution in [3.8, 4) is 5.75 Å². The van der Waals surface area contributed by atoms with Gasteiger partial charge in [0.05, 0.1) is 22.6 Å². The number of sulfonamides is 1. The van der Waals surface area contributed by atoms with E-state index in [2.05, 4.69) is 5.32 Å². The van der Waals surface area contributed by atoms with E-state index in [1.807, 2.05) is 13.8 Å². The van der Waals surface area contributed by atoms with Crippen molar-refractivity contribution in [3.05, 3.63) is 94.5 Å². The molecule has 1 N–H and O–H groups in total. The van der Waals surface area contributed by atoms with Crippen LogP contribution < -0.4 is 14.4 Å². The number of nitro groups is 1. The lowest BCUT2D eigenvalue weighted by molar-refractivity contribution is -0.384. The molecule has 0 fully saturated rings. The molecule has 11 nitrogen and oxygen atoms in total. The van der Waals surface area contributed by atoms with Crippen LogP contribution in [0.3, 0.4) is 0 Å². The van der Waals surface area contributed by atoms with E-state index in [4.69, 9.17) is 4.74 Å². The van der Waals surface area contributed by atoms with Crippen molar-refractivity contribution < 1.29 is 27.7 Å². The Morgan fingerprint density at radius 2 is 1.60 bits per heavy atom. The topological polar surface area (TPSA) is 139 Å². The third-order valence-electron chi connectivity index (χ3n) is 6.54. The Kier molecular flexibility index (Phi) is 11.0. The molecule has 0 aliphatic heterocycles. The predicted octanol–water partition coefficient (Wildman–Crippen LogP) is 4.38. The molecule has 42 heavy (non-hydrogen) atoms. The van der Waals surface area contributed by atoms with Crippen molar-refractivity contribution >= 4 is 33.2 Å². The van der Waals surface area contributed by atoms with Crippen molar-refractivity contribution in [1.29, 1.82) is 0 Å². The summed E-state index contributed by atoms with van der Waals surface area (Å²) in [5.41, 5.74) is 0.558. The van der Waals surface area contributed by atoms with Crippen LogP contribution in [0.1, 0.15) is 32.8 Å². The zero-order valence-corrected chi connectivity index (χ0v) is 24.9. The van der Waals surface area contributed by atoms with Gasteiger partial charge in [-0.1, -0.05) is 51.1 Å². The van der Waals surface area contributed by atoms with E-state index in [9.17, 15) is 28.1 Å². The fraction of sp³-hybridized carbons (Fsp3) is 0.333. The summed E-state index contributed by atoms with van der Waals surface area (Å²) < 4.78 is 33.8. The Balaban J connectivity index is 2.05. The second-order valence-corrected chi connectivity index (χ2v) is 11.9. The van der Waals surface area contributed by atoms with Crippen LogP contribution >= 0.6 is 0 Å². The van der Waals surface area contributed by atoms with Gasteiger partial charge in [-0.25, -0.2) is 8.42 Å². The monoisotopic (exact) mass is 596 g/mol. The molecule has 3 rings (SSSR count). The third kappa shape index (κ3) is 8.06. The van der Waals surface area contributed by atoms with E-state index >= 15 is 0 Å². The average Bonchev–Trinajstić information content (AvgIpc) is 2.99. The summed E-state index contributed by atoms with van der Waals surface area (Å²) in [7, 11) is -2.73. The lowest BCUT2D eigenvalue weighted by atomic mass is 10.1. The van der Waals surface area contributed by atoms with Crippen LogP contribution in [0.25, 0.3) is 0 Å². The van der Waals surface area contributed by atoms with Gasteiger partial charge in [0.1, 0.15) is 18.3 Å². The number of ether oxygens (including phenoxy) is 1. The molecule has 12 heteroatoms. The summed E-state index contributed by atoms with van der Waals surface area (Å²) in [6, 6.07) is 18.7. The Morgan fingerprint density at radius 1 is 0.976 bits per heavy atom. The van der Waals surface area contributed by atoms with E-state index < -0.39 is 33.4 Å². The van der Waals surface area contributed by atoms with Gasteiger partial charge in [-0.2, -0.15) is 0 Å². The van der Waals surface area contributed by atoms with Crippen molar-refractivity contribution in [2.45, 2.75) is 44.7 Å². The fourth-order valence-electron chi connectivity index (χ4n) is 4.26. The maximum Gasteiger partial charge on any atom is 0.269 e. The van der Waals surface area contributed by atoms with E-state index in [0.29, 0.717) is 17.9 Å². The molecular formula is C30H36N4O7S. The lowest BCUT2D eigenvalue weighted by Gasteiger charge is -2.33. The molecule has 0 spiro atoms. The highest BCUT2D eigenvalue weighted by molar-refractivity contribution is 7.92. The number of nitro benzene ring substituents is 1. The summed E-state index contributed by atoms with van der Waals surface area (Å²) in [5.74, 6) is -0.154. The molecule has 0 radical (unpaired) electrons. The first-order valence-electron chi connectivity index (χ1n) is 13.5. The number of hydrogen-bond acceptors (Lipinski definition) is 7. The van der Waals surface area contributed by atoms with Gasteiger partial charge >= 0.3 is 0 Å². The molecule has 1 unspecified atom stereocenters. The largest absolute Gasteiger partial charge is 0.497 e. The van der Waals surface area contributed by atoms with Gasteiger partial charge in [-0.05, 0) is 54.3 Å². The molecule has 0 aromatic heterocycles. The molecule has 0 saturated heterocycles. The molecule has 0 aliphatic carbocycles. The second kappa shape index (κ2) is 14.4. The first-order valence-corrected chi connectivity index (χ1v) is 14.9. The first kappa shape index (κ1) is 32.1. The van der Waals surface area contributed by atoms with Gasteiger partial charge in [-0.3, -0.25) is 24.0 Å². The summed E-state index contributed by atoms with van der Waals surface area (Å²) >= 11 is 0. The van der Waals surface area contributed by atoms with Crippen LogP contribution in [0.15, 0.2) is 83.8 Å². The minimum Gasteiger partial charge on any atom is -0.497 e. The van der Waals surface area contributed by atoms with Gasteiger partial charge in [0.2, 0.25) is 11.8 Å². The summed E-state index contributed by atoms with van der Waals surface area (Å²) in [5, 5.41) is 14.1. The number of amides is 2. The highest BCUT2D eigenvalue weighted by Crippen LogP contribution is 2.27. The maximum atomic E-state index is 14.1. The second-order valence-electron chi connectivity index (χ2n) is 10.0. The number of benzene rings is 3. The van der Waals surface area contributed by atoms with Crippen molar-refractivity contribution in [2.24, 2.45) is 5.92 Å². The van der Waals surface area contributed by atoms with Crippen LogP contribution in [-0.4, -0.2) is 56.3 Å². The Labute approximate surface area is 246 Å². The van der Waals surface area contributed by atoms with Gasteiger partial charge in [0, 0.05) is 25.2 Å². The third-order valence-corrected chi connectivity index (χ3v) is 8.33. The standard InChI is InChI=1S/C30H36N4O7S/c1-5-28(30(36)31-19-22(2)3)32(20-23-11-17-26(41-4)18-12-23)29(35)21-33(24-13-15-25(16-14-24)34(37)38)42(39,40)27-9-7-6-8-10-27/h6-18,22,28H,5,19-21H2,1-4H3,(H,31,36). The molecule has 0 saturated carbocycles. The molecule has 1 atom stereocenters. The maximum absolute atomic E-state index is 14.1. The molecule has 3 aromatic carbocycles. The molecule has 0 heterocycles. The van der Waals surface area contributed by atoms with Gasteiger partial charge < -0.3 is 15.0 Å². The average molecular weight is 597 g/mol. The molecule has 2 amide bonds. The van der Waals surface area contributed by atoms with Gasteiger partial charge in [-0.15, -0.1) is 0 Å². The van der Waals surface area contributed by atoms with Crippen molar-refractivity contribution in [3.63, 3.8) is 0 Å². The molecule has 3 aromatic rings. The van der Waals surface area contributed by atoms with Crippen LogP contribution in [-0.2, 0) is 26.2 Å². The minimum atomic E-state index is -4.27. The van der Waals surface area contributed by atoms with E-state index in [1.54, 1.807) is 49.4 Å². The number of carbonyl (C=O) groups is 2. The lowest BCUT2D eigenvalue weighted by Crippen LogP contribution is -2.52. The van der Waals surface area contributed by atoms with Crippen molar-refractivity contribution in [1.82, 2.24) is 10.2 Å². The number of methoxy groups -OCH3 is 1. The Bertz CT molecular complexity index is 1460. The fourth-order valence-corrected chi connectivity index (χ4v) is 5.69. The van der Waals surface area contributed by atoms with E-state index in [-0.39, 0.29) is 41.1 Å². The minimum absolute atomic E-state index is 0.0376. The number of anilines is 1. The van der Waals surface area contributed by atoms with E-state index in [1.165, 1.54) is 48.4 Å². The number of non-ortho nitro benzene ring substituents is 1. The quantitative estimate of drug-likeness (QED) is 0.215. The summed E-state index contributed by atoms with van der Waals surface area (Å²) in [6.45, 7) is 5.51. The molecule has 0 aliphatic rings. The zero-order valence-electron chi connectivity index (χ0n) is 24.1. The van der Waals surface area contributed by atoms with Crippen LogP contribution in [0.2, 0.25) is 0 Å². The highest BCUT2D eigenvalue weighted by Gasteiger charge is 2.33. The smallest absolute Gasteiger partial charge is 0.269 e. The Morgan fingerprint density at radius 3 is 2.12 bits per heavy atom. The summed E-state index contributed by atoms with van der Waals surface area (Å²) in [6.07, 6.45) is 0.286. The molecular weight excluding hydrogens is 560 g/mol.